The van der Waals surface area contributed by atoms with Crippen LogP contribution in [0.3, 0.4) is 0 Å². The molecule has 0 N–H and O–H groups in total. The molecule has 0 fully saturated rings. The molecule has 0 radical (unpaired) electrons. The highest BCUT2D eigenvalue weighted by molar-refractivity contribution is 6.00. The zero-order valence-corrected chi connectivity index (χ0v) is 11.9. The third-order valence-corrected chi connectivity index (χ3v) is 3.97. The summed E-state index contributed by atoms with van der Waals surface area (Å²) < 4.78 is 0. The maximum Gasteiger partial charge on any atom is 0.164 e. The molecule has 19 heavy (non-hydrogen) atoms. The van der Waals surface area contributed by atoms with Gasteiger partial charge in [0.15, 0.2) is 6.17 Å². The molecular formula is C14H19N5. The summed E-state index contributed by atoms with van der Waals surface area (Å²) in [5.74, 6) is 0.908. The van der Waals surface area contributed by atoms with Gasteiger partial charge in [-0.2, -0.15) is 10.4 Å². The Hall–Kier alpha value is -1.83. The van der Waals surface area contributed by atoms with Gasteiger partial charge in [-0.3, -0.25) is 4.99 Å². The number of hydrogen-bond acceptors (Lipinski definition) is 5. The minimum Gasteiger partial charge on any atom is -0.351 e. The molecule has 3 rings (SSSR count). The zero-order valence-electron chi connectivity index (χ0n) is 11.9. The van der Waals surface area contributed by atoms with Crippen LogP contribution in [-0.2, 0) is 0 Å². The Morgan fingerprint density at radius 1 is 1.42 bits per heavy atom. The summed E-state index contributed by atoms with van der Waals surface area (Å²) in [7, 11) is 0. The summed E-state index contributed by atoms with van der Waals surface area (Å²) in [5, 5.41) is 15.6. The van der Waals surface area contributed by atoms with Crippen LogP contribution in [0.4, 0.5) is 0 Å². The van der Waals surface area contributed by atoms with Gasteiger partial charge in [-0.25, -0.2) is 5.01 Å². The van der Waals surface area contributed by atoms with E-state index in [9.17, 15) is 5.26 Å². The van der Waals surface area contributed by atoms with E-state index in [0.717, 1.165) is 24.5 Å². The minimum atomic E-state index is -0.244. The molecule has 0 saturated heterocycles. The summed E-state index contributed by atoms with van der Waals surface area (Å²) in [6.07, 6.45) is 2.56. The van der Waals surface area contributed by atoms with Crippen LogP contribution in [0.2, 0.25) is 0 Å². The van der Waals surface area contributed by atoms with Gasteiger partial charge in [0.25, 0.3) is 0 Å². The molecule has 0 aliphatic carbocycles. The zero-order chi connectivity index (χ0) is 13.8. The molecule has 0 aromatic carbocycles. The fraction of sp³-hybridized carbons (Fsp3) is 0.643. The van der Waals surface area contributed by atoms with Gasteiger partial charge in [0.1, 0.15) is 11.7 Å². The largest absolute Gasteiger partial charge is 0.351 e. The highest BCUT2D eigenvalue weighted by Crippen LogP contribution is 2.39. The first-order valence-electron chi connectivity index (χ1n) is 6.72. The second kappa shape index (κ2) is 3.83. The molecule has 0 aromatic heterocycles. The maximum absolute atomic E-state index is 9.19. The smallest absolute Gasteiger partial charge is 0.164 e. The molecule has 3 heterocycles. The Morgan fingerprint density at radius 3 is 2.79 bits per heavy atom. The highest BCUT2D eigenvalue weighted by atomic mass is 15.6. The molecule has 0 saturated carbocycles. The normalized spacial score (nSPS) is 29.3. The number of nitriles is 1. The van der Waals surface area contributed by atoms with Gasteiger partial charge in [0, 0.05) is 29.6 Å². The van der Waals surface area contributed by atoms with Crippen molar-refractivity contribution < 1.29 is 0 Å². The van der Waals surface area contributed by atoms with E-state index in [4.69, 9.17) is 0 Å². The second-order valence-corrected chi connectivity index (χ2v) is 6.27. The monoisotopic (exact) mass is 257 g/mol. The van der Waals surface area contributed by atoms with Crippen molar-refractivity contribution in [1.29, 1.82) is 5.26 Å². The topological polar surface area (TPSA) is 55.0 Å². The summed E-state index contributed by atoms with van der Waals surface area (Å²) in [4.78, 5) is 7.05. The van der Waals surface area contributed by atoms with E-state index in [0.29, 0.717) is 0 Å². The fourth-order valence-corrected chi connectivity index (χ4v) is 2.99. The highest BCUT2D eigenvalue weighted by Gasteiger charge is 2.44. The predicted octanol–water partition coefficient (Wildman–Crippen LogP) is 1.94. The molecule has 0 bridgehead atoms. The van der Waals surface area contributed by atoms with Gasteiger partial charge in [-0.05, 0) is 34.1 Å². The molecule has 5 nitrogen and oxygen atoms in total. The van der Waals surface area contributed by atoms with Crippen LogP contribution in [0.1, 0.15) is 34.1 Å². The quantitative estimate of drug-likeness (QED) is 0.666. The average Bonchev–Trinajstić information content (AvgIpc) is 2.90. The third kappa shape index (κ3) is 1.66. The first kappa shape index (κ1) is 12.2. The standard InChI is InChI=1S/C14H19N5/c1-9-11-5-6-18(14(2,3)4)13(11)19-12(17-9)10(7-15)8-16-19/h8,10,12H,5-6H2,1-4H3. The van der Waals surface area contributed by atoms with E-state index >= 15 is 0 Å². The Morgan fingerprint density at radius 2 is 2.16 bits per heavy atom. The van der Waals surface area contributed by atoms with Crippen LogP contribution in [0.15, 0.2) is 21.5 Å². The lowest BCUT2D eigenvalue weighted by molar-refractivity contribution is 0.119. The first-order chi connectivity index (χ1) is 8.93. The lowest BCUT2D eigenvalue weighted by Gasteiger charge is -2.41. The molecule has 0 aromatic rings. The summed E-state index contributed by atoms with van der Waals surface area (Å²) in [5.41, 5.74) is 2.40. The van der Waals surface area contributed by atoms with Crippen molar-refractivity contribution in [1.82, 2.24) is 9.91 Å². The number of nitrogens with zero attached hydrogens (tertiary/aromatic N) is 5. The van der Waals surface area contributed by atoms with E-state index < -0.39 is 0 Å². The van der Waals surface area contributed by atoms with Crippen molar-refractivity contribution in [3.8, 4) is 6.07 Å². The molecule has 3 aliphatic heterocycles. The summed E-state index contributed by atoms with van der Waals surface area (Å²) in [6.45, 7) is 9.67. The van der Waals surface area contributed by atoms with Crippen LogP contribution >= 0.6 is 0 Å². The number of rotatable bonds is 0. The van der Waals surface area contributed by atoms with Gasteiger partial charge in [-0.15, -0.1) is 0 Å². The third-order valence-electron chi connectivity index (χ3n) is 3.97. The molecule has 5 heteroatoms. The second-order valence-electron chi connectivity index (χ2n) is 6.27. The van der Waals surface area contributed by atoms with Crippen molar-refractivity contribution in [3.63, 3.8) is 0 Å². The molecule has 100 valence electrons. The molecule has 2 atom stereocenters. The van der Waals surface area contributed by atoms with Crippen LogP contribution in [-0.4, -0.2) is 40.1 Å². The number of fused-ring (bicyclic) bond motifs is 2. The average molecular weight is 257 g/mol. The van der Waals surface area contributed by atoms with Crippen molar-refractivity contribution in [3.05, 3.63) is 11.4 Å². The lowest BCUT2D eigenvalue weighted by atomic mass is 10.0. The molecule has 2 unspecified atom stereocenters. The van der Waals surface area contributed by atoms with Gasteiger partial charge < -0.3 is 4.90 Å². The number of aliphatic imine (C=N–C) groups is 1. The minimum absolute atomic E-state index is 0.0551. The Bertz CT molecular complexity index is 543. The van der Waals surface area contributed by atoms with Gasteiger partial charge >= 0.3 is 0 Å². The van der Waals surface area contributed by atoms with Crippen molar-refractivity contribution in [2.45, 2.75) is 45.8 Å². The summed E-state index contributed by atoms with van der Waals surface area (Å²) in [6, 6.07) is 2.28. The summed E-state index contributed by atoms with van der Waals surface area (Å²) >= 11 is 0. The van der Waals surface area contributed by atoms with Crippen LogP contribution in [0.5, 0.6) is 0 Å². The van der Waals surface area contributed by atoms with Crippen LogP contribution < -0.4 is 0 Å². The van der Waals surface area contributed by atoms with Gasteiger partial charge in [0.05, 0.1) is 6.07 Å². The predicted molar refractivity (Wildman–Crippen MR) is 74.4 cm³/mol. The SMILES string of the molecule is CC1=NC2C(C#N)C=NN2C2=C1CCN2C(C)(C)C. The van der Waals surface area contributed by atoms with Crippen LogP contribution in [0.25, 0.3) is 0 Å². The van der Waals surface area contributed by atoms with Gasteiger partial charge in [0.2, 0.25) is 0 Å². The van der Waals surface area contributed by atoms with E-state index in [1.54, 1.807) is 6.21 Å². The molecular weight excluding hydrogens is 238 g/mol. The number of hydrogen-bond donors (Lipinski definition) is 0. The van der Waals surface area contributed by atoms with Crippen molar-refractivity contribution >= 4 is 11.9 Å². The van der Waals surface area contributed by atoms with E-state index in [2.05, 4.69) is 41.8 Å². The Kier molecular flexibility index (Phi) is 2.46. The Balaban J connectivity index is 2.05. The first-order valence-corrected chi connectivity index (χ1v) is 6.72. The van der Waals surface area contributed by atoms with E-state index in [1.165, 1.54) is 5.57 Å². The lowest BCUT2D eigenvalue weighted by Crippen LogP contribution is -2.46. The van der Waals surface area contributed by atoms with E-state index in [1.807, 2.05) is 11.9 Å². The van der Waals surface area contributed by atoms with Crippen molar-refractivity contribution in [2.24, 2.45) is 16.0 Å². The molecule has 0 spiro atoms. The van der Waals surface area contributed by atoms with Crippen molar-refractivity contribution in [2.75, 3.05) is 6.54 Å². The molecule has 3 aliphatic rings. The molecule has 0 amide bonds. The fourth-order valence-electron chi connectivity index (χ4n) is 2.99. The van der Waals surface area contributed by atoms with Crippen LogP contribution in [0, 0.1) is 17.2 Å². The Labute approximate surface area is 113 Å². The number of hydrazone groups is 1. The van der Waals surface area contributed by atoms with E-state index in [-0.39, 0.29) is 17.6 Å². The van der Waals surface area contributed by atoms with Gasteiger partial charge in [-0.1, -0.05) is 0 Å². The maximum atomic E-state index is 9.19.